The molecule has 0 amide bonds. The highest BCUT2D eigenvalue weighted by molar-refractivity contribution is 5.71. The van der Waals surface area contributed by atoms with Crippen molar-refractivity contribution in [3.63, 3.8) is 0 Å². The first-order valence-corrected chi connectivity index (χ1v) is 11.5. The summed E-state index contributed by atoms with van der Waals surface area (Å²) in [6.45, 7) is -0.359. The minimum absolute atomic E-state index is 0.125. The largest absolute Gasteiger partial charge is 0.369 e. The maximum absolute atomic E-state index is 14.5. The van der Waals surface area contributed by atoms with Gasteiger partial charge in [0.25, 0.3) is 11.1 Å². The lowest BCUT2D eigenvalue weighted by molar-refractivity contribution is 0.0655. The summed E-state index contributed by atoms with van der Waals surface area (Å²) in [6, 6.07) is 6.68. The molecule has 0 radical (unpaired) electrons. The number of hydrogen-bond acceptors (Lipinski definition) is 6. The van der Waals surface area contributed by atoms with Crippen molar-refractivity contribution in [3.8, 4) is 0 Å². The summed E-state index contributed by atoms with van der Waals surface area (Å²) in [7, 11) is 0. The minimum Gasteiger partial charge on any atom is -0.369 e. The fourth-order valence-electron chi connectivity index (χ4n) is 4.87. The van der Waals surface area contributed by atoms with E-state index in [9.17, 15) is 22.8 Å². The Bertz CT molecular complexity index is 1520. The average Bonchev–Trinajstić information content (AvgIpc) is 2.87. The van der Waals surface area contributed by atoms with Crippen molar-refractivity contribution in [1.29, 1.82) is 0 Å². The highest BCUT2D eigenvalue weighted by Gasteiger charge is 2.27. The first kappa shape index (κ1) is 23.7. The summed E-state index contributed by atoms with van der Waals surface area (Å²) in [4.78, 5) is 40.6. The topological polar surface area (TPSA) is 85.9 Å². The van der Waals surface area contributed by atoms with Gasteiger partial charge in [0.1, 0.15) is 17.0 Å². The molecule has 186 valence electrons. The molecule has 1 aromatic carbocycles. The van der Waals surface area contributed by atoms with Crippen molar-refractivity contribution < 1.29 is 13.2 Å². The number of halogens is 3. The van der Waals surface area contributed by atoms with E-state index in [-0.39, 0.29) is 39.7 Å². The second-order valence-corrected chi connectivity index (χ2v) is 8.79. The van der Waals surface area contributed by atoms with Crippen molar-refractivity contribution in [2.75, 3.05) is 18.0 Å². The highest BCUT2D eigenvalue weighted by Crippen LogP contribution is 2.32. The predicted octanol–water partition coefficient (Wildman–Crippen LogP) is 3.62. The fourth-order valence-corrected chi connectivity index (χ4v) is 4.87. The van der Waals surface area contributed by atoms with Gasteiger partial charge in [0.15, 0.2) is 5.65 Å². The van der Waals surface area contributed by atoms with Crippen molar-refractivity contribution in [2.24, 2.45) is 0 Å². The molecule has 1 fully saturated rings. The molecule has 0 aliphatic carbocycles. The monoisotopic (exact) mass is 496 g/mol. The lowest BCUT2D eigenvalue weighted by Crippen LogP contribution is -2.37. The molecule has 4 heterocycles. The molecule has 3 aromatic heterocycles. The Morgan fingerprint density at radius 1 is 1.03 bits per heavy atom. The molecule has 0 N–H and O–H groups in total. The molecular formula is C25H23F3N6O2. The Morgan fingerprint density at radius 2 is 1.78 bits per heavy atom. The van der Waals surface area contributed by atoms with E-state index in [0.29, 0.717) is 42.7 Å². The molecule has 0 atom stereocenters. The molecule has 1 aliphatic rings. The Kier molecular flexibility index (Phi) is 6.29. The summed E-state index contributed by atoms with van der Waals surface area (Å²) in [5.74, 6) is -0.401. The number of anilines is 1. The van der Waals surface area contributed by atoms with Gasteiger partial charge >= 0.3 is 6.55 Å². The lowest BCUT2D eigenvalue weighted by Gasteiger charge is -2.34. The van der Waals surface area contributed by atoms with Crippen LogP contribution in [0.5, 0.6) is 0 Å². The maximum atomic E-state index is 14.5. The van der Waals surface area contributed by atoms with E-state index in [0.717, 1.165) is 18.0 Å². The Labute approximate surface area is 203 Å². The molecule has 1 saturated heterocycles. The van der Waals surface area contributed by atoms with Crippen LogP contribution in [0.4, 0.5) is 18.9 Å². The second-order valence-electron chi connectivity index (χ2n) is 8.79. The van der Waals surface area contributed by atoms with Gasteiger partial charge in [0.2, 0.25) is 0 Å². The van der Waals surface area contributed by atoms with Crippen molar-refractivity contribution in [3.05, 3.63) is 92.4 Å². The van der Waals surface area contributed by atoms with Crippen LogP contribution in [-0.2, 0) is 6.54 Å². The molecule has 36 heavy (non-hydrogen) atoms. The second kappa shape index (κ2) is 9.56. The average molecular weight is 496 g/mol. The van der Waals surface area contributed by atoms with E-state index in [1.807, 2.05) is 17.9 Å². The van der Waals surface area contributed by atoms with Crippen LogP contribution < -0.4 is 16.0 Å². The summed E-state index contributed by atoms with van der Waals surface area (Å²) >= 11 is 0. The zero-order chi connectivity index (χ0) is 25.4. The molecule has 11 heteroatoms. The normalized spacial score (nSPS) is 14.6. The van der Waals surface area contributed by atoms with E-state index in [1.165, 1.54) is 23.0 Å². The number of hydrogen-bond donors (Lipinski definition) is 0. The van der Waals surface area contributed by atoms with E-state index in [4.69, 9.17) is 0 Å². The number of para-hydroxylation sites is 1. The van der Waals surface area contributed by atoms with E-state index in [2.05, 4.69) is 15.0 Å². The zero-order valence-electron chi connectivity index (χ0n) is 19.4. The van der Waals surface area contributed by atoms with Gasteiger partial charge in [-0.15, -0.1) is 0 Å². The smallest absolute Gasteiger partial charge is 0.321 e. The van der Waals surface area contributed by atoms with Crippen LogP contribution in [0.25, 0.3) is 11.2 Å². The number of pyridine rings is 1. The van der Waals surface area contributed by atoms with Gasteiger partial charge in [0.05, 0.1) is 12.2 Å². The third-order valence-corrected chi connectivity index (χ3v) is 6.64. The molecule has 0 saturated carbocycles. The highest BCUT2D eigenvalue weighted by atomic mass is 19.3. The van der Waals surface area contributed by atoms with Crippen molar-refractivity contribution in [2.45, 2.75) is 38.8 Å². The summed E-state index contributed by atoms with van der Waals surface area (Å²) in [5, 5.41) is 0. The first-order valence-electron chi connectivity index (χ1n) is 11.5. The number of benzene rings is 1. The Balaban J connectivity index is 1.50. The quantitative estimate of drug-likeness (QED) is 0.420. The van der Waals surface area contributed by atoms with Gasteiger partial charge in [0, 0.05) is 43.4 Å². The molecule has 0 spiro atoms. The number of rotatable bonds is 5. The Morgan fingerprint density at radius 3 is 2.50 bits per heavy atom. The SMILES string of the molecule is Cc1cccc(F)c1N1CCC(c2cc3nccnc3n(Cc3nccn(C(F)F)c3=O)c2=O)CC1. The van der Waals surface area contributed by atoms with E-state index >= 15 is 0 Å². The van der Waals surface area contributed by atoms with Gasteiger partial charge in [-0.1, -0.05) is 12.1 Å². The first-order chi connectivity index (χ1) is 17.3. The standard InChI is InChI=1S/C25H23F3N6O2/c1-15-3-2-4-18(26)21(15)32-10-5-16(6-11-32)17-13-19-22(31-8-7-29-19)34(23(17)35)14-20-24(36)33(25(27)28)12-9-30-20/h2-4,7-9,12-13,16,25H,5-6,10-11,14H2,1H3. The van der Waals surface area contributed by atoms with Crippen LogP contribution in [0.3, 0.4) is 0 Å². The van der Waals surface area contributed by atoms with Crippen molar-refractivity contribution in [1.82, 2.24) is 24.1 Å². The number of nitrogens with zero attached hydrogens (tertiary/aromatic N) is 6. The maximum Gasteiger partial charge on any atom is 0.321 e. The molecular weight excluding hydrogens is 473 g/mol. The Hall–Kier alpha value is -4.02. The van der Waals surface area contributed by atoms with Gasteiger partial charge in [-0.05, 0) is 43.4 Å². The van der Waals surface area contributed by atoms with Gasteiger partial charge < -0.3 is 4.90 Å². The number of fused-ring (bicyclic) bond motifs is 1. The molecule has 0 bridgehead atoms. The van der Waals surface area contributed by atoms with Crippen molar-refractivity contribution >= 4 is 16.9 Å². The van der Waals surface area contributed by atoms with Crippen LogP contribution in [-0.4, -0.2) is 37.2 Å². The van der Waals surface area contributed by atoms with E-state index < -0.39 is 12.1 Å². The van der Waals surface area contributed by atoms with Crippen LogP contribution in [0.15, 0.2) is 58.6 Å². The predicted molar refractivity (Wildman–Crippen MR) is 128 cm³/mol. The number of aromatic nitrogens is 5. The zero-order valence-corrected chi connectivity index (χ0v) is 19.4. The molecule has 4 aromatic rings. The van der Waals surface area contributed by atoms with Crippen LogP contribution >= 0.6 is 0 Å². The molecule has 1 aliphatic heterocycles. The number of aryl methyl sites for hydroxylation is 1. The van der Waals surface area contributed by atoms with Gasteiger partial charge in [-0.2, -0.15) is 8.78 Å². The van der Waals surface area contributed by atoms with Gasteiger partial charge in [-0.3, -0.25) is 28.7 Å². The fraction of sp³-hybridized carbons (Fsp3) is 0.320. The molecule has 0 unspecified atom stereocenters. The third kappa shape index (κ3) is 4.25. The van der Waals surface area contributed by atoms with Gasteiger partial charge in [-0.25, -0.2) is 9.37 Å². The summed E-state index contributed by atoms with van der Waals surface area (Å²) < 4.78 is 42.4. The van der Waals surface area contributed by atoms with E-state index in [1.54, 1.807) is 12.1 Å². The summed E-state index contributed by atoms with van der Waals surface area (Å²) in [6.07, 6.45) is 6.13. The third-order valence-electron chi connectivity index (χ3n) is 6.64. The van der Waals surface area contributed by atoms with Crippen LogP contribution in [0.1, 0.15) is 42.1 Å². The summed E-state index contributed by atoms with van der Waals surface area (Å²) in [5.41, 5.74) is 1.05. The van der Waals surface area contributed by atoms with Crippen LogP contribution in [0, 0.1) is 12.7 Å². The molecule has 5 rings (SSSR count). The molecule has 8 nitrogen and oxygen atoms in total. The number of piperidine rings is 1. The minimum atomic E-state index is -3.03. The van der Waals surface area contributed by atoms with Crippen LogP contribution in [0.2, 0.25) is 0 Å². The number of alkyl halides is 2. The lowest BCUT2D eigenvalue weighted by atomic mass is 9.89.